The van der Waals surface area contributed by atoms with E-state index in [1.54, 1.807) is 0 Å². The molecule has 0 heterocycles. The van der Waals surface area contributed by atoms with Gasteiger partial charge in [-0.15, -0.1) is 0 Å². The van der Waals surface area contributed by atoms with Crippen LogP contribution in [0.1, 0.15) is 33.6 Å². The Kier molecular flexibility index (Phi) is 4.69. The minimum absolute atomic E-state index is 0.203. The van der Waals surface area contributed by atoms with Gasteiger partial charge in [0.1, 0.15) is 0 Å². The van der Waals surface area contributed by atoms with Crippen molar-refractivity contribution in [2.75, 3.05) is 13.1 Å². The molecule has 0 fully saturated rings. The summed E-state index contributed by atoms with van der Waals surface area (Å²) in [4.78, 5) is 0. The standard InChI is InChI=1S/C9H22N2/c1-4-9(6-10,7-11)5-8(2)3/h8H,4-7,10-11H2,1-3H3. The molecule has 0 amide bonds. The third-order valence-electron chi connectivity index (χ3n) is 2.46. The van der Waals surface area contributed by atoms with Gasteiger partial charge in [-0.25, -0.2) is 0 Å². The first-order chi connectivity index (χ1) is 5.10. The van der Waals surface area contributed by atoms with E-state index < -0.39 is 0 Å². The Morgan fingerprint density at radius 2 is 1.64 bits per heavy atom. The molecular weight excluding hydrogens is 136 g/mol. The quantitative estimate of drug-likeness (QED) is 0.634. The van der Waals surface area contributed by atoms with Crippen molar-refractivity contribution in [3.8, 4) is 0 Å². The van der Waals surface area contributed by atoms with E-state index in [9.17, 15) is 0 Å². The highest BCUT2D eigenvalue weighted by Gasteiger charge is 2.25. The molecule has 0 spiro atoms. The first kappa shape index (κ1) is 10.9. The van der Waals surface area contributed by atoms with Gasteiger partial charge in [0.25, 0.3) is 0 Å². The highest BCUT2D eigenvalue weighted by molar-refractivity contribution is 4.80. The van der Waals surface area contributed by atoms with Gasteiger partial charge in [0.05, 0.1) is 0 Å². The van der Waals surface area contributed by atoms with Crippen LogP contribution in [0.2, 0.25) is 0 Å². The first-order valence-electron chi connectivity index (χ1n) is 4.50. The zero-order valence-electron chi connectivity index (χ0n) is 8.06. The number of hydrogen-bond donors (Lipinski definition) is 2. The lowest BCUT2D eigenvalue weighted by molar-refractivity contribution is 0.236. The van der Waals surface area contributed by atoms with Crippen molar-refractivity contribution in [2.45, 2.75) is 33.6 Å². The maximum absolute atomic E-state index is 5.70. The van der Waals surface area contributed by atoms with Gasteiger partial charge in [0, 0.05) is 0 Å². The molecule has 0 aromatic heterocycles. The Morgan fingerprint density at radius 3 is 1.73 bits per heavy atom. The fraction of sp³-hybridized carbons (Fsp3) is 1.00. The lowest BCUT2D eigenvalue weighted by Crippen LogP contribution is -2.38. The average Bonchev–Trinajstić information content (AvgIpc) is 2.00. The summed E-state index contributed by atoms with van der Waals surface area (Å²) in [7, 11) is 0. The molecule has 0 unspecified atom stereocenters. The monoisotopic (exact) mass is 158 g/mol. The Labute approximate surface area is 70.3 Å². The molecule has 4 N–H and O–H groups in total. The minimum Gasteiger partial charge on any atom is -0.330 e. The van der Waals surface area contributed by atoms with E-state index in [1.165, 1.54) is 0 Å². The van der Waals surface area contributed by atoms with Crippen molar-refractivity contribution in [1.82, 2.24) is 0 Å². The van der Waals surface area contributed by atoms with Crippen molar-refractivity contribution in [3.63, 3.8) is 0 Å². The molecule has 0 saturated heterocycles. The predicted octanol–water partition coefficient (Wildman–Crippen LogP) is 1.35. The van der Waals surface area contributed by atoms with E-state index in [-0.39, 0.29) is 5.41 Å². The number of nitrogens with two attached hydrogens (primary N) is 2. The van der Waals surface area contributed by atoms with E-state index in [1.807, 2.05) is 0 Å². The van der Waals surface area contributed by atoms with Gasteiger partial charge in [-0.3, -0.25) is 0 Å². The van der Waals surface area contributed by atoms with E-state index in [0.717, 1.165) is 25.9 Å². The molecule has 0 aromatic carbocycles. The van der Waals surface area contributed by atoms with Crippen molar-refractivity contribution >= 4 is 0 Å². The van der Waals surface area contributed by atoms with Crippen LogP contribution in [0.15, 0.2) is 0 Å². The molecule has 68 valence electrons. The molecule has 2 heteroatoms. The molecule has 0 aliphatic heterocycles. The normalized spacial score (nSPS) is 12.5. The Bertz CT molecular complexity index is 87.5. The Balaban J connectivity index is 4.05. The summed E-state index contributed by atoms with van der Waals surface area (Å²) in [6.07, 6.45) is 2.24. The van der Waals surface area contributed by atoms with Crippen LogP contribution >= 0.6 is 0 Å². The smallest absolute Gasteiger partial charge is 0.000844 e. The molecule has 0 rings (SSSR count). The van der Waals surface area contributed by atoms with Crippen LogP contribution in [-0.2, 0) is 0 Å². The molecule has 0 aromatic rings. The third kappa shape index (κ3) is 3.21. The fourth-order valence-electron chi connectivity index (χ4n) is 1.55. The van der Waals surface area contributed by atoms with Crippen LogP contribution < -0.4 is 11.5 Å². The molecular formula is C9H22N2. The van der Waals surface area contributed by atoms with Crippen molar-refractivity contribution in [3.05, 3.63) is 0 Å². The van der Waals surface area contributed by atoms with Crippen LogP contribution in [0.5, 0.6) is 0 Å². The zero-order valence-corrected chi connectivity index (χ0v) is 8.06. The lowest BCUT2D eigenvalue weighted by Gasteiger charge is -2.31. The molecule has 2 nitrogen and oxygen atoms in total. The van der Waals surface area contributed by atoms with Crippen molar-refractivity contribution in [1.29, 1.82) is 0 Å². The van der Waals surface area contributed by atoms with Crippen molar-refractivity contribution < 1.29 is 0 Å². The van der Waals surface area contributed by atoms with Gasteiger partial charge in [-0.2, -0.15) is 0 Å². The maximum atomic E-state index is 5.70. The SMILES string of the molecule is CCC(CN)(CN)CC(C)C. The van der Waals surface area contributed by atoms with Crippen LogP contribution in [-0.4, -0.2) is 13.1 Å². The highest BCUT2D eigenvalue weighted by atomic mass is 14.7. The molecule has 0 bridgehead atoms. The van der Waals surface area contributed by atoms with Crippen molar-refractivity contribution in [2.24, 2.45) is 22.8 Å². The number of hydrogen-bond acceptors (Lipinski definition) is 2. The molecule has 0 atom stereocenters. The van der Waals surface area contributed by atoms with Crippen LogP contribution in [0.4, 0.5) is 0 Å². The third-order valence-corrected chi connectivity index (χ3v) is 2.46. The molecule has 0 aliphatic rings. The molecule has 0 radical (unpaired) electrons. The van der Waals surface area contributed by atoms with Gasteiger partial charge in [0.15, 0.2) is 0 Å². The fourth-order valence-corrected chi connectivity index (χ4v) is 1.55. The minimum atomic E-state index is 0.203. The van der Waals surface area contributed by atoms with Crippen LogP contribution in [0.25, 0.3) is 0 Å². The summed E-state index contributed by atoms with van der Waals surface area (Å²) < 4.78 is 0. The summed E-state index contributed by atoms with van der Waals surface area (Å²) in [6, 6.07) is 0. The Hall–Kier alpha value is -0.0800. The first-order valence-corrected chi connectivity index (χ1v) is 4.50. The largest absolute Gasteiger partial charge is 0.330 e. The molecule has 0 aliphatic carbocycles. The zero-order chi connectivity index (χ0) is 8.91. The Morgan fingerprint density at radius 1 is 1.18 bits per heavy atom. The van der Waals surface area contributed by atoms with Gasteiger partial charge in [-0.05, 0) is 37.3 Å². The summed E-state index contributed by atoms with van der Waals surface area (Å²) in [6.45, 7) is 8.05. The van der Waals surface area contributed by atoms with Gasteiger partial charge < -0.3 is 11.5 Å². The average molecular weight is 158 g/mol. The van der Waals surface area contributed by atoms with E-state index >= 15 is 0 Å². The summed E-state index contributed by atoms with van der Waals surface area (Å²) in [5, 5.41) is 0. The topological polar surface area (TPSA) is 52.0 Å². The summed E-state index contributed by atoms with van der Waals surface area (Å²) >= 11 is 0. The van der Waals surface area contributed by atoms with Gasteiger partial charge in [-0.1, -0.05) is 20.8 Å². The van der Waals surface area contributed by atoms with Gasteiger partial charge >= 0.3 is 0 Å². The van der Waals surface area contributed by atoms with E-state index in [2.05, 4.69) is 20.8 Å². The highest BCUT2D eigenvalue weighted by Crippen LogP contribution is 2.27. The second kappa shape index (κ2) is 4.73. The lowest BCUT2D eigenvalue weighted by atomic mass is 9.78. The van der Waals surface area contributed by atoms with Crippen LogP contribution in [0, 0.1) is 11.3 Å². The summed E-state index contributed by atoms with van der Waals surface area (Å²) in [5.41, 5.74) is 11.6. The second-order valence-electron chi connectivity index (χ2n) is 3.86. The predicted molar refractivity (Wildman–Crippen MR) is 50.3 cm³/mol. The van der Waals surface area contributed by atoms with E-state index in [0.29, 0.717) is 5.92 Å². The van der Waals surface area contributed by atoms with Gasteiger partial charge in [0.2, 0.25) is 0 Å². The number of rotatable bonds is 5. The van der Waals surface area contributed by atoms with E-state index in [4.69, 9.17) is 11.5 Å². The van der Waals surface area contributed by atoms with Crippen LogP contribution in [0.3, 0.4) is 0 Å². The maximum Gasteiger partial charge on any atom is -0.000844 e. The second-order valence-corrected chi connectivity index (χ2v) is 3.86. The summed E-state index contributed by atoms with van der Waals surface area (Å²) in [5.74, 6) is 0.696. The molecule has 0 saturated carbocycles. The molecule has 11 heavy (non-hydrogen) atoms.